The zero-order valence-corrected chi connectivity index (χ0v) is 10.6. The molecule has 0 aliphatic heterocycles. The first kappa shape index (κ1) is 13.5. The monoisotopic (exact) mass is 227 g/mol. The van der Waals surface area contributed by atoms with Gasteiger partial charge in [0.25, 0.3) is 0 Å². The zero-order valence-electron chi connectivity index (χ0n) is 10.6. The largest absolute Gasteiger partial charge is 0.353 e. The van der Waals surface area contributed by atoms with Crippen molar-refractivity contribution in [2.24, 2.45) is 5.73 Å². The van der Waals surface area contributed by atoms with E-state index in [9.17, 15) is 4.79 Å². The summed E-state index contributed by atoms with van der Waals surface area (Å²) in [6.07, 6.45) is 7.50. The average Bonchev–Trinajstić information content (AvgIpc) is 2.52. The van der Waals surface area contributed by atoms with Crippen LogP contribution in [0.3, 0.4) is 0 Å². The van der Waals surface area contributed by atoms with Crippen LogP contribution in [0.1, 0.15) is 38.5 Å². The van der Waals surface area contributed by atoms with E-state index in [2.05, 4.69) is 24.3 Å². The first-order valence-corrected chi connectivity index (χ1v) is 6.25. The summed E-state index contributed by atoms with van der Waals surface area (Å²) in [7, 11) is 4.22. The van der Waals surface area contributed by atoms with Gasteiger partial charge in [0, 0.05) is 12.1 Å². The Balaban J connectivity index is 2.59. The predicted molar refractivity (Wildman–Crippen MR) is 66.2 cm³/mol. The Hall–Kier alpha value is -0.610. The summed E-state index contributed by atoms with van der Waals surface area (Å²) in [5.74, 6) is -0.0505. The van der Waals surface area contributed by atoms with Crippen LogP contribution in [0.15, 0.2) is 0 Å². The molecule has 0 spiro atoms. The van der Waals surface area contributed by atoms with Crippen LogP contribution in [-0.4, -0.2) is 43.5 Å². The molecule has 3 N–H and O–H groups in total. The number of carbonyl (C=O) groups is 1. The number of likely N-dealkylation sites (N-methyl/N-ethyl adjacent to an activating group) is 1. The maximum atomic E-state index is 11.3. The maximum Gasteiger partial charge on any atom is 0.233 e. The molecule has 1 rings (SSSR count). The van der Waals surface area contributed by atoms with Gasteiger partial charge in [0.05, 0.1) is 6.54 Å². The molecule has 0 radical (unpaired) electrons. The summed E-state index contributed by atoms with van der Waals surface area (Å²) in [6, 6.07) is 0. The van der Waals surface area contributed by atoms with E-state index in [0.717, 1.165) is 6.54 Å². The van der Waals surface area contributed by atoms with E-state index in [0.29, 0.717) is 0 Å². The number of nitrogens with two attached hydrogens (primary N) is 1. The summed E-state index contributed by atoms with van der Waals surface area (Å²) in [5.41, 5.74) is 5.45. The van der Waals surface area contributed by atoms with Crippen LogP contribution in [0.4, 0.5) is 0 Å². The lowest BCUT2D eigenvalue weighted by Gasteiger charge is -2.39. The van der Waals surface area contributed by atoms with Crippen molar-refractivity contribution in [3.05, 3.63) is 0 Å². The fourth-order valence-corrected chi connectivity index (χ4v) is 2.50. The lowest BCUT2D eigenvalue weighted by Crippen LogP contribution is -2.53. The van der Waals surface area contributed by atoms with E-state index >= 15 is 0 Å². The number of carbonyl (C=O) groups excluding carboxylic acids is 1. The van der Waals surface area contributed by atoms with Crippen molar-refractivity contribution < 1.29 is 4.79 Å². The van der Waals surface area contributed by atoms with Crippen molar-refractivity contribution in [3.63, 3.8) is 0 Å². The van der Waals surface area contributed by atoms with Crippen LogP contribution in [0.5, 0.6) is 0 Å². The van der Waals surface area contributed by atoms with Crippen molar-refractivity contribution in [2.45, 2.75) is 44.1 Å². The number of amides is 1. The molecule has 0 aromatic carbocycles. The number of hydrogen-bond acceptors (Lipinski definition) is 3. The van der Waals surface area contributed by atoms with Gasteiger partial charge in [-0.2, -0.15) is 0 Å². The van der Waals surface area contributed by atoms with Crippen LogP contribution in [-0.2, 0) is 4.79 Å². The Labute approximate surface area is 98.6 Å². The average molecular weight is 227 g/mol. The SMILES string of the molecule is CN(C)C1(CNC(=O)CN)CCCCCC1. The highest BCUT2D eigenvalue weighted by molar-refractivity contribution is 5.77. The van der Waals surface area contributed by atoms with Crippen molar-refractivity contribution in [1.29, 1.82) is 0 Å². The zero-order chi connectivity index (χ0) is 12.0. The smallest absolute Gasteiger partial charge is 0.233 e. The number of nitrogens with zero attached hydrogens (tertiary/aromatic N) is 1. The van der Waals surface area contributed by atoms with E-state index in [1.165, 1.54) is 38.5 Å². The molecule has 0 saturated heterocycles. The van der Waals surface area contributed by atoms with Crippen LogP contribution in [0.25, 0.3) is 0 Å². The van der Waals surface area contributed by atoms with Gasteiger partial charge in [0.1, 0.15) is 0 Å². The first-order valence-electron chi connectivity index (χ1n) is 6.25. The number of hydrogen-bond donors (Lipinski definition) is 2. The van der Waals surface area contributed by atoms with E-state index in [1.54, 1.807) is 0 Å². The summed E-state index contributed by atoms with van der Waals surface area (Å²) in [5, 5.41) is 2.95. The van der Waals surface area contributed by atoms with Crippen LogP contribution >= 0.6 is 0 Å². The Kier molecular flexibility index (Phi) is 5.22. The maximum absolute atomic E-state index is 11.3. The number of nitrogens with one attached hydrogen (secondary N) is 1. The molecule has 4 heteroatoms. The minimum Gasteiger partial charge on any atom is -0.353 e. The molecule has 4 nitrogen and oxygen atoms in total. The molecule has 0 aromatic rings. The molecule has 0 atom stereocenters. The van der Waals surface area contributed by atoms with E-state index < -0.39 is 0 Å². The Morgan fingerprint density at radius 2 is 1.81 bits per heavy atom. The molecule has 1 aliphatic carbocycles. The second kappa shape index (κ2) is 6.21. The van der Waals surface area contributed by atoms with Crippen molar-refractivity contribution in [1.82, 2.24) is 10.2 Å². The van der Waals surface area contributed by atoms with Crippen LogP contribution < -0.4 is 11.1 Å². The number of rotatable bonds is 4. The van der Waals surface area contributed by atoms with E-state index in [4.69, 9.17) is 5.73 Å². The Morgan fingerprint density at radius 1 is 1.25 bits per heavy atom. The third-order valence-corrected chi connectivity index (χ3v) is 3.78. The third-order valence-electron chi connectivity index (χ3n) is 3.78. The molecule has 1 saturated carbocycles. The van der Waals surface area contributed by atoms with Crippen LogP contribution in [0, 0.1) is 0 Å². The quantitative estimate of drug-likeness (QED) is 0.696. The summed E-state index contributed by atoms with van der Waals surface area (Å²) in [4.78, 5) is 13.5. The summed E-state index contributed by atoms with van der Waals surface area (Å²) < 4.78 is 0. The molecular formula is C12H25N3O. The molecule has 1 amide bonds. The molecule has 16 heavy (non-hydrogen) atoms. The fourth-order valence-electron chi connectivity index (χ4n) is 2.50. The second-order valence-electron chi connectivity index (χ2n) is 5.01. The lowest BCUT2D eigenvalue weighted by atomic mass is 9.88. The van der Waals surface area contributed by atoms with Gasteiger partial charge in [-0.25, -0.2) is 0 Å². The van der Waals surface area contributed by atoms with Crippen molar-refractivity contribution in [3.8, 4) is 0 Å². The molecular weight excluding hydrogens is 202 g/mol. The second-order valence-corrected chi connectivity index (χ2v) is 5.01. The minimum atomic E-state index is -0.0505. The van der Waals surface area contributed by atoms with Gasteiger partial charge in [0.2, 0.25) is 5.91 Å². The van der Waals surface area contributed by atoms with Gasteiger partial charge in [-0.05, 0) is 26.9 Å². The summed E-state index contributed by atoms with van der Waals surface area (Å²) in [6.45, 7) is 0.819. The molecule has 94 valence electrons. The van der Waals surface area contributed by atoms with Crippen LogP contribution in [0.2, 0.25) is 0 Å². The minimum absolute atomic E-state index is 0.0505. The van der Waals surface area contributed by atoms with Gasteiger partial charge in [-0.15, -0.1) is 0 Å². The highest BCUT2D eigenvalue weighted by Crippen LogP contribution is 2.30. The third kappa shape index (κ3) is 3.46. The highest BCUT2D eigenvalue weighted by Gasteiger charge is 2.33. The Bertz CT molecular complexity index is 220. The summed E-state index contributed by atoms with van der Waals surface area (Å²) >= 11 is 0. The van der Waals surface area contributed by atoms with Crippen molar-refractivity contribution >= 4 is 5.91 Å². The lowest BCUT2D eigenvalue weighted by molar-refractivity contribution is -0.120. The van der Waals surface area contributed by atoms with Crippen molar-refractivity contribution in [2.75, 3.05) is 27.2 Å². The topological polar surface area (TPSA) is 58.4 Å². The van der Waals surface area contributed by atoms with Gasteiger partial charge in [0.15, 0.2) is 0 Å². The normalized spacial score (nSPS) is 20.5. The van der Waals surface area contributed by atoms with Gasteiger partial charge in [-0.3, -0.25) is 4.79 Å². The van der Waals surface area contributed by atoms with E-state index in [1.807, 2.05) is 0 Å². The molecule has 1 aliphatic rings. The first-order chi connectivity index (χ1) is 7.60. The fraction of sp³-hybridized carbons (Fsp3) is 0.917. The predicted octanol–water partition coefficient (Wildman–Crippen LogP) is 0.716. The Morgan fingerprint density at radius 3 is 2.25 bits per heavy atom. The molecule has 0 bridgehead atoms. The standard InChI is InChI=1S/C12H25N3O/c1-15(2)12(10-14-11(16)9-13)7-5-3-4-6-8-12/h3-10,13H2,1-2H3,(H,14,16). The molecule has 0 unspecified atom stereocenters. The van der Waals surface area contributed by atoms with E-state index in [-0.39, 0.29) is 18.0 Å². The molecule has 0 heterocycles. The molecule has 0 aromatic heterocycles. The van der Waals surface area contributed by atoms with Gasteiger partial charge < -0.3 is 16.0 Å². The molecule has 1 fully saturated rings. The highest BCUT2D eigenvalue weighted by atomic mass is 16.1. The van der Waals surface area contributed by atoms with Gasteiger partial charge >= 0.3 is 0 Å². The van der Waals surface area contributed by atoms with Gasteiger partial charge in [-0.1, -0.05) is 25.7 Å².